The lowest BCUT2D eigenvalue weighted by atomic mass is 10.1. The Morgan fingerprint density at radius 1 is 1.30 bits per heavy atom. The average molecular weight is 273 g/mol. The van der Waals surface area contributed by atoms with Gasteiger partial charge in [-0.3, -0.25) is 0 Å². The van der Waals surface area contributed by atoms with Crippen LogP contribution in [0, 0.1) is 11.7 Å². The summed E-state index contributed by atoms with van der Waals surface area (Å²) in [6, 6.07) is 10.9. The number of rotatable bonds is 6. The maximum atomic E-state index is 13.0. The molecule has 1 aromatic heterocycles. The fourth-order valence-electron chi connectivity index (χ4n) is 2.54. The molecule has 2 atom stereocenters. The van der Waals surface area contributed by atoms with Crippen molar-refractivity contribution in [2.45, 2.75) is 32.2 Å². The van der Waals surface area contributed by atoms with Gasteiger partial charge in [0.25, 0.3) is 0 Å². The molecule has 0 aliphatic heterocycles. The molecule has 0 bridgehead atoms. The molecule has 1 aromatic carbocycles. The van der Waals surface area contributed by atoms with Crippen molar-refractivity contribution < 1.29 is 8.81 Å². The van der Waals surface area contributed by atoms with Crippen LogP contribution in [0.1, 0.15) is 36.3 Å². The van der Waals surface area contributed by atoms with Crippen molar-refractivity contribution in [1.82, 2.24) is 5.32 Å². The first-order chi connectivity index (χ1) is 9.72. The molecular weight excluding hydrogens is 253 g/mol. The van der Waals surface area contributed by atoms with E-state index >= 15 is 0 Å². The van der Waals surface area contributed by atoms with E-state index in [4.69, 9.17) is 4.42 Å². The number of halogens is 1. The topological polar surface area (TPSA) is 25.2 Å². The van der Waals surface area contributed by atoms with Crippen LogP contribution in [-0.2, 0) is 13.0 Å². The zero-order valence-electron chi connectivity index (χ0n) is 11.7. The third-order valence-corrected chi connectivity index (χ3v) is 3.94. The normalized spacial score (nSPS) is 21.1. The average Bonchev–Trinajstić information content (AvgIpc) is 2.99. The molecule has 1 heterocycles. The summed E-state index contributed by atoms with van der Waals surface area (Å²) in [6.07, 6.45) is 2.07. The quantitative estimate of drug-likeness (QED) is 0.808. The van der Waals surface area contributed by atoms with Crippen molar-refractivity contribution in [2.75, 3.05) is 6.54 Å². The second kappa shape index (κ2) is 5.80. The molecule has 1 fully saturated rings. The van der Waals surface area contributed by atoms with E-state index in [-0.39, 0.29) is 5.82 Å². The molecule has 0 spiro atoms. The number of nitrogens with one attached hydrogen (secondary N) is 1. The summed E-state index contributed by atoms with van der Waals surface area (Å²) in [5.74, 6) is 3.35. The second-order valence-corrected chi connectivity index (χ2v) is 5.68. The summed E-state index contributed by atoms with van der Waals surface area (Å²) < 4.78 is 18.8. The highest BCUT2D eigenvalue weighted by Crippen LogP contribution is 2.47. The van der Waals surface area contributed by atoms with Crippen LogP contribution < -0.4 is 5.32 Å². The van der Waals surface area contributed by atoms with Crippen LogP contribution in [0.5, 0.6) is 0 Å². The minimum atomic E-state index is -0.170. The Labute approximate surface area is 119 Å². The fourth-order valence-corrected chi connectivity index (χ4v) is 2.54. The molecule has 0 saturated heterocycles. The van der Waals surface area contributed by atoms with Gasteiger partial charge in [0.1, 0.15) is 17.3 Å². The van der Waals surface area contributed by atoms with Crippen LogP contribution in [0.15, 0.2) is 40.8 Å². The zero-order valence-corrected chi connectivity index (χ0v) is 11.7. The lowest BCUT2D eigenvalue weighted by molar-refractivity contribution is 0.445. The van der Waals surface area contributed by atoms with Gasteiger partial charge in [0.2, 0.25) is 0 Å². The number of hydrogen-bond donors (Lipinski definition) is 1. The molecule has 1 N–H and O–H groups in total. The third-order valence-electron chi connectivity index (χ3n) is 3.94. The number of hydrogen-bond acceptors (Lipinski definition) is 2. The van der Waals surface area contributed by atoms with Crippen LogP contribution in [0.25, 0.3) is 0 Å². The molecule has 1 saturated carbocycles. The standard InChI is InChI=1S/C17H20FNO/c1-12-9-16(12)17-6-5-15(20-17)11-19-8-7-13-3-2-4-14(18)10-13/h2-6,10,12,16,19H,7-9,11H2,1H3. The first-order valence-corrected chi connectivity index (χ1v) is 7.26. The summed E-state index contributed by atoms with van der Waals surface area (Å²) in [6.45, 7) is 3.81. The maximum absolute atomic E-state index is 13.0. The number of furan rings is 1. The molecule has 0 radical (unpaired) electrons. The van der Waals surface area contributed by atoms with Crippen molar-refractivity contribution in [3.05, 3.63) is 59.3 Å². The molecule has 0 amide bonds. The van der Waals surface area contributed by atoms with Crippen LogP contribution in [-0.4, -0.2) is 6.54 Å². The van der Waals surface area contributed by atoms with Gasteiger partial charge in [-0.15, -0.1) is 0 Å². The Morgan fingerprint density at radius 3 is 2.90 bits per heavy atom. The smallest absolute Gasteiger partial charge is 0.123 e. The Balaban J connectivity index is 1.42. The summed E-state index contributed by atoms with van der Waals surface area (Å²) >= 11 is 0. The van der Waals surface area contributed by atoms with Gasteiger partial charge in [-0.1, -0.05) is 19.1 Å². The first-order valence-electron chi connectivity index (χ1n) is 7.26. The molecule has 20 heavy (non-hydrogen) atoms. The predicted octanol–water partition coefficient (Wildman–Crippen LogP) is 3.87. The van der Waals surface area contributed by atoms with Gasteiger partial charge in [0.05, 0.1) is 6.54 Å². The molecule has 106 valence electrons. The van der Waals surface area contributed by atoms with Crippen molar-refractivity contribution in [3.8, 4) is 0 Å². The molecule has 2 nitrogen and oxygen atoms in total. The summed E-state index contributed by atoms with van der Waals surface area (Å²) in [4.78, 5) is 0. The Kier molecular flexibility index (Phi) is 3.88. The van der Waals surface area contributed by atoms with E-state index in [1.54, 1.807) is 12.1 Å². The van der Waals surface area contributed by atoms with E-state index in [0.717, 1.165) is 42.5 Å². The van der Waals surface area contributed by atoms with Gasteiger partial charge in [0, 0.05) is 5.92 Å². The van der Waals surface area contributed by atoms with Crippen LogP contribution >= 0.6 is 0 Å². The monoisotopic (exact) mass is 273 g/mol. The van der Waals surface area contributed by atoms with E-state index in [1.165, 1.54) is 12.5 Å². The van der Waals surface area contributed by atoms with Crippen molar-refractivity contribution in [2.24, 2.45) is 5.92 Å². The van der Waals surface area contributed by atoms with Crippen LogP contribution in [0.2, 0.25) is 0 Å². The molecule has 2 unspecified atom stereocenters. The molecule has 1 aliphatic carbocycles. The Hall–Kier alpha value is -1.61. The van der Waals surface area contributed by atoms with Gasteiger partial charge in [0.15, 0.2) is 0 Å². The Morgan fingerprint density at radius 2 is 2.15 bits per heavy atom. The highest BCUT2D eigenvalue weighted by Gasteiger charge is 2.36. The minimum Gasteiger partial charge on any atom is -0.464 e. The van der Waals surface area contributed by atoms with Crippen LogP contribution in [0.3, 0.4) is 0 Å². The minimum absolute atomic E-state index is 0.170. The molecule has 2 aromatic rings. The van der Waals surface area contributed by atoms with Crippen LogP contribution in [0.4, 0.5) is 4.39 Å². The SMILES string of the molecule is CC1CC1c1ccc(CNCCc2cccc(F)c2)o1. The largest absolute Gasteiger partial charge is 0.464 e. The highest BCUT2D eigenvalue weighted by molar-refractivity contribution is 5.18. The maximum Gasteiger partial charge on any atom is 0.123 e. The molecule has 1 aliphatic rings. The van der Waals surface area contributed by atoms with E-state index in [1.807, 2.05) is 6.07 Å². The van der Waals surface area contributed by atoms with Gasteiger partial charge >= 0.3 is 0 Å². The van der Waals surface area contributed by atoms with Gasteiger partial charge < -0.3 is 9.73 Å². The van der Waals surface area contributed by atoms with Crippen molar-refractivity contribution in [1.29, 1.82) is 0 Å². The summed E-state index contributed by atoms with van der Waals surface area (Å²) in [5, 5.41) is 3.34. The van der Waals surface area contributed by atoms with E-state index in [0.29, 0.717) is 5.92 Å². The molecule has 3 heteroatoms. The summed E-state index contributed by atoms with van der Waals surface area (Å²) in [5.41, 5.74) is 1.02. The lowest BCUT2D eigenvalue weighted by Gasteiger charge is -2.03. The van der Waals surface area contributed by atoms with Gasteiger partial charge in [-0.25, -0.2) is 4.39 Å². The van der Waals surface area contributed by atoms with E-state index in [9.17, 15) is 4.39 Å². The fraction of sp³-hybridized carbons (Fsp3) is 0.412. The van der Waals surface area contributed by atoms with Gasteiger partial charge in [-0.05, 0) is 55.1 Å². The lowest BCUT2D eigenvalue weighted by Crippen LogP contribution is -2.16. The van der Waals surface area contributed by atoms with E-state index < -0.39 is 0 Å². The first kappa shape index (κ1) is 13.4. The van der Waals surface area contributed by atoms with Gasteiger partial charge in [-0.2, -0.15) is 0 Å². The number of benzene rings is 1. The Bertz CT molecular complexity index is 578. The second-order valence-electron chi connectivity index (χ2n) is 5.68. The molecular formula is C17H20FNO. The van der Waals surface area contributed by atoms with Crippen molar-refractivity contribution in [3.63, 3.8) is 0 Å². The van der Waals surface area contributed by atoms with Crippen molar-refractivity contribution >= 4 is 0 Å². The highest BCUT2D eigenvalue weighted by atomic mass is 19.1. The molecule has 3 rings (SSSR count). The zero-order chi connectivity index (χ0) is 13.9. The van der Waals surface area contributed by atoms with E-state index in [2.05, 4.69) is 24.4 Å². The predicted molar refractivity (Wildman–Crippen MR) is 77.0 cm³/mol. The third kappa shape index (κ3) is 3.28. The summed E-state index contributed by atoms with van der Waals surface area (Å²) in [7, 11) is 0.